The molecular formula is C23H38N4O2. The predicted molar refractivity (Wildman–Crippen MR) is 114 cm³/mol. The summed E-state index contributed by atoms with van der Waals surface area (Å²) in [6.45, 7) is 12.0. The van der Waals surface area contributed by atoms with Crippen molar-refractivity contribution in [2.75, 3.05) is 32.7 Å². The normalized spacial score (nSPS) is 22.1. The summed E-state index contributed by atoms with van der Waals surface area (Å²) in [5.74, 6) is 2.37. The van der Waals surface area contributed by atoms with E-state index in [0.717, 1.165) is 39.0 Å². The third kappa shape index (κ3) is 5.14. The van der Waals surface area contributed by atoms with Gasteiger partial charge in [0.1, 0.15) is 11.4 Å². The van der Waals surface area contributed by atoms with E-state index in [1.165, 1.54) is 56.7 Å². The molecule has 0 N–H and O–H groups in total. The molecule has 6 nitrogen and oxygen atoms in total. The van der Waals surface area contributed by atoms with E-state index < -0.39 is 5.60 Å². The Morgan fingerprint density at radius 3 is 2.28 bits per heavy atom. The highest BCUT2D eigenvalue weighted by Crippen LogP contribution is 2.37. The number of aromatic nitrogens is 2. The Bertz CT molecular complexity index is 690. The first-order chi connectivity index (χ1) is 13.9. The highest BCUT2D eigenvalue weighted by atomic mass is 16.6. The molecule has 1 saturated carbocycles. The van der Waals surface area contributed by atoms with Gasteiger partial charge in [0.05, 0.1) is 5.69 Å². The quantitative estimate of drug-likeness (QED) is 0.734. The number of hydrogen-bond acceptors (Lipinski definition) is 4. The van der Waals surface area contributed by atoms with E-state index in [0.29, 0.717) is 11.8 Å². The predicted octanol–water partition coefficient (Wildman–Crippen LogP) is 4.36. The van der Waals surface area contributed by atoms with E-state index in [1.807, 2.05) is 25.7 Å². The molecule has 1 amide bonds. The minimum atomic E-state index is -0.433. The van der Waals surface area contributed by atoms with Crippen molar-refractivity contribution in [3.8, 4) is 0 Å². The lowest BCUT2D eigenvalue weighted by Crippen LogP contribution is -2.41. The molecule has 0 spiro atoms. The molecule has 29 heavy (non-hydrogen) atoms. The monoisotopic (exact) mass is 402 g/mol. The van der Waals surface area contributed by atoms with Crippen molar-refractivity contribution in [3.05, 3.63) is 17.7 Å². The Hall–Kier alpha value is -1.56. The van der Waals surface area contributed by atoms with Crippen molar-refractivity contribution < 1.29 is 9.53 Å². The van der Waals surface area contributed by atoms with Crippen molar-refractivity contribution in [1.29, 1.82) is 0 Å². The van der Waals surface area contributed by atoms with Gasteiger partial charge in [-0.1, -0.05) is 6.42 Å². The van der Waals surface area contributed by atoms with Crippen LogP contribution in [0.25, 0.3) is 0 Å². The molecule has 0 aromatic carbocycles. The summed E-state index contributed by atoms with van der Waals surface area (Å²) >= 11 is 0. The Labute approximate surface area is 175 Å². The molecule has 1 aromatic rings. The molecule has 0 bridgehead atoms. The molecule has 1 aromatic heterocycles. The number of amides is 1. The van der Waals surface area contributed by atoms with Gasteiger partial charge in [0.15, 0.2) is 0 Å². The van der Waals surface area contributed by atoms with Gasteiger partial charge in [-0.15, -0.1) is 0 Å². The second-order valence-corrected chi connectivity index (χ2v) is 10.1. The van der Waals surface area contributed by atoms with Gasteiger partial charge in [-0.3, -0.25) is 0 Å². The zero-order valence-corrected chi connectivity index (χ0v) is 18.5. The number of carbonyl (C=O) groups is 1. The summed E-state index contributed by atoms with van der Waals surface area (Å²) in [6.07, 6.45) is 10.7. The average molecular weight is 403 g/mol. The Balaban J connectivity index is 1.40. The maximum absolute atomic E-state index is 12.4. The highest BCUT2D eigenvalue weighted by Gasteiger charge is 2.31. The van der Waals surface area contributed by atoms with E-state index in [4.69, 9.17) is 9.72 Å². The fourth-order valence-electron chi connectivity index (χ4n) is 4.76. The van der Waals surface area contributed by atoms with Crippen molar-refractivity contribution in [2.24, 2.45) is 0 Å². The first-order valence-corrected chi connectivity index (χ1v) is 11.7. The summed E-state index contributed by atoms with van der Waals surface area (Å²) < 4.78 is 8.00. The number of carbonyl (C=O) groups excluding carboxylic acids is 1. The van der Waals surface area contributed by atoms with Crippen LogP contribution in [0, 0.1) is 0 Å². The van der Waals surface area contributed by atoms with E-state index in [2.05, 4.69) is 15.7 Å². The van der Waals surface area contributed by atoms with Gasteiger partial charge in [-0.2, -0.15) is 0 Å². The zero-order chi connectivity index (χ0) is 20.4. The van der Waals surface area contributed by atoms with Crippen molar-refractivity contribution in [3.63, 3.8) is 0 Å². The number of rotatable bonds is 5. The van der Waals surface area contributed by atoms with Crippen LogP contribution in [0.1, 0.15) is 89.1 Å². The summed E-state index contributed by atoms with van der Waals surface area (Å²) in [5.41, 5.74) is 0.875. The van der Waals surface area contributed by atoms with Gasteiger partial charge >= 0.3 is 6.09 Å². The SMILES string of the molecule is CC(C)(C)OC(=O)N1CCC(c2nc(C3CCC3)cn2CCN2CCCC2)CC1. The number of hydrogen-bond donors (Lipinski definition) is 0. The summed E-state index contributed by atoms with van der Waals surface area (Å²) in [6, 6.07) is 0. The molecule has 3 aliphatic rings. The molecule has 0 unspecified atom stereocenters. The van der Waals surface area contributed by atoms with Gasteiger partial charge in [0.2, 0.25) is 0 Å². The molecule has 2 saturated heterocycles. The van der Waals surface area contributed by atoms with Gasteiger partial charge in [0, 0.05) is 44.2 Å². The number of ether oxygens (including phenoxy) is 1. The van der Waals surface area contributed by atoms with Gasteiger partial charge < -0.3 is 19.1 Å². The first-order valence-electron chi connectivity index (χ1n) is 11.7. The van der Waals surface area contributed by atoms with Crippen molar-refractivity contribution in [1.82, 2.24) is 19.4 Å². The molecule has 4 rings (SSSR count). The van der Waals surface area contributed by atoms with Gasteiger partial charge in [0.25, 0.3) is 0 Å². The molecular weight excluding hydrogens is 364 g/mol. The van der Waals surface area contributed by atoms with E-state index in [-0.39, 0.29) is 6.09 Å². The molecule has 162 valence electrons. The lowest BCUT2D eigenvalue weighted by atomic mass is 9.83. The fourth-order valence-corrected chi connectivity index (χ4v) is 4.76. The van der Waals surface area contributed by atoms with Gasteiger partial charge in [-0.25, -0.2) is 9.78 Å². The molecule has 2 aliphatic heterocycles. The number of piperidine rings is 1. The second-order valence-electron chi connectivity index (χ2n) is 10.1. The molecule has 1 aliphatic carbocycles. The molecule has 0 radical (unpaired) electrons. The van der Waals surface area contributed by atoms with Crippen LogP contribution >= 0.6 is 0 Å². The van der Waals surface area contributed by atoms with Crippen LogP contribution < -0.4 is 0 Å². The lowest BCUT2D eigenvalue weighted by Gasteiger charge is -2.33. The van der Waals surface area contributed by atoms with E-state index >= 15 is 0 Å². The maximum atomic E-state index is 12.4. The van der Waals surface area contributed by atoms with E-state index in [9.17, 15) is 4.79 Å². The fraction of sp³-hybridized carbons (Fsp3) is 0.826. The third-order valence-electron chi connectivity index (χ3n) is 6.72. The Kier molecular flexibility index (Phi) is 6.19. The maximum Gasteiger partial charge on any atom is 0.410 e. The Morgan fingerprint density at radius 2 is 1.69 bits per heavy atom. The van der Waals surface area contributed by atoms with Crippen LogP contribution in [0.2, 0.25) is 0 Å². The summed E-state index contributed by atoms with van der Waals surface area (Å²) in [4.78, 5) is 22.0. The van der Waals surface area contributed by atoms with Crippen LogP contribution in [0.5, 0.6) is 0 Å². The van der Waals surface area contributed by atoms with Crippen LogP contribution in [0.3, 0.4) is 0 Å². The molecule has 3 fully saturated rings. The van der Waals surface area contributed by atoms with Crippen LogP contribution in [-0.4, -0.2) is 63.8 Å². The average Bonchev–Trinajstić information content (AvgIpc) is 3.27. The summed E-state index contributed by atoms with van der Waals surface area (Å²) in [7, 11) is 0. The highest BCUT2D eigenvalue weighted by molar-refractivity contribution is 5.68. The van der Waals surface area contributed by atoms with E-state index in [1.54, 1.807) is 0 Å². The molecule has 6 heteroatoms. The first kappa shape index (κ1) is 20.7. The van der Waals surface area contributed by atoms with Crippen molar-refractivity contribution >= 4 is 6.09 Å². The summed E-state index contributed by atoms with van der Waals surface area (Å²) in [5, 5.41) is 0. The van der Waals surface area contributed by atoms with Gasteiger partial charge in [-0.05, 0) is 72.4 Å². The second kappa shape index (κ2) is 8.66. The molecule has 0 atom stereocenters. The standard InChI is InChI=1S/C23H38N4O2/c1-23(2,3)29-22(28)26-13-9-19(10-14-26)21-24-20(18-7-6-8-18)17-27(21)16-15-25-11-4-5-12-25/h17-19H,4-16H2,1-3H3. The number of likely N-dealkylation sites (tertiary alicyclic amines) is 2. The number of nitrogens with zero attached hydrogens (tertiary/aromatic N) is 4. The van der Waals surface area contributed by atoms with Crippen LogP contribution in [0.4, 0.5) is 4.79 Å². The molecule has 3 heterocycles. The minimum Gasteiger partial charge on any atom is -0.444 e. The minimum absolute atomic E-state index is 0.177. The van der Waals surface area contributed by atoms with Crippen LogP contribution in [-0.2, 0) is 11.3 Å². The van der Waals surface area contributed by atoms with Crippen LogP contribution in [0.15, 0.2) is 6.20 Å². The largest absolute Gasteiger partial charge is 0.444 e. The lowest BCUT2D eigenvalue weighted by molar-refractivity contribution is 0.0202. The third-order valence-corrected chi connectivity index (χ3v) is 6.72. The number of imidazole rings is 1. The Morgan fingerprint density at radius 1 is 1.00 bits per heavy atom. The smallest absolute Gasteiger partial charge is 0.410 e. The topological polar surface area (TPSA) is 50.6 Å². The zero-order valence-electron chi connectivity index (χ0n) is 18.5. The van der Waals surface area contributed by atoms with Crippen molar-refractivity contribution in [2.45, 2.75) is 89.7 Å².